The maximum atomic E-state index is 12.8. The van der Waals surface area contributed by atoms with Gasteiger partial charge < -0.3 is 10.1 Å². The number of aromatic nitrogens is 1. The third kappa shape index (κ3) is 7.37. The molecule has 1 amide bonds. The first-order chi connectivity index (χ1) is 17.7. The highest BCUT2D eigenvalue weighted by Gasteiger charge is 2.17. The third-order valence-corrected chi connectivity index (χ3v) is 8.13. The summed E-state index contributed by atoms with van der Waals surface area (Å²) in [6, 6.07) is 18.0. The molecule has 0 bridgehead atoms. The number of amides is 1. The molecule has 192 valence electrons. The minimum Gasteiger partial charge on any atom is -0.492 e. The molecule has 0 atom stereocenters. The normalized spacial score (nSPS) is 11.2. The fourth-order valence-electron chi connectivity index (χ4n) is 3.24. The Balaban J connectivity index is 1.28. The van der Waals surface area contributed by atoms with Gasteiger partial charge >= 0.3 is 0 Å². The lowest BCUT2D eigenvalue weighted by Gasteiger charge is -2.09. The van der Waals surface area contributed by atoms with Gasteiger partial charge in [0.05, 0.1) is 22.2 Å². The Bertz CT molecular complexity index is 1510. The van der Waals surface area contributed by atoms with Crippen molar-refractivity contribution in [1.29, 1.82) is 0 Å². The SMILES string of the molecule is O=C(CCCOc1ccc(Cl)cc1Cl)Nc1ccc(S(=O)(=O)Nc2nc(-c3ccccc3Cl)cs2)cc1. The van der Waals surface area contributed by atoms with Crippen LogP contribution in [0.15, 0.2) is 77.0 Å². The van der Waals surface area contributed by atoms with E-state index in [1.54, 1.807) is 29.6 Å². The lowest BCUT2D eigenvalue weighted by Crippen LogP contribution is -2.14. The van der Waals surface area contributed by atoms with Crippen LogP contribution in [-0.2, 0) is 14.8 Å². The van der Waals surface area contributed by atoms with Gasteiger partial charge in [0, 0.05) is 33.1 Å². The van der Waals surface area contributed by atoms with Crippen molar-refractivity contribution in [3.8, 4) is 17.0 Å². The number of nitrogens with one attached hydrogen (secondary N) is 2. The Morgan fingerprint density at radius 2 is 1.73 bits per heavy atom. The summed E-state index contributed by atoms with van der Waals surface area (Å²) in [6.45, 7) is 0.298. The zero-order valence-electron chi connectivity index (χ0n) is 19.1. The maximum absolute atomic E-state index is 12.8. The number of ether oxygens (including phenoxy) is 1. The summed E-state index contributed by atoms with van der Waals surface area (Å²) < 4.78 is 33.6. The van der Waals surface area contributed by atoms with Gasteiger partial charge in [-0.1, -0.05) is 53.0 Å². The van der Waals surface area contributed by atoms with Crippen LogP contribution in [-0.4, -0.2) is 25.9 Å². The van der Waals surface area contributed by atoms with E-state index in [1.165, 1.54) is 24.3 Å². The number of sulfonamides is 1. The van der Waals surface area contributed by atoms with Crippen LogP contribution in [0, 0.1) is 0 Å². The summed E-state index contributed by atoms with van der Waals surface area (Å²) in [5, 5.41) is 6.12. The zero-order valence-corrected chi connectivity index (χ0v) is 23.0. The Morgan fingerprint density at radius 3 is 2.46 bits per heavy atom. The largest absolute Gasteiger partial charge is 0.492 e. The summed E-state index contributed by atoms with van der Waals surface area (Å²) in [5.74, 6) is 0.268. The van der Waals surface area contributed by atoms with Crippen molar-refractivity contribution >= 4 is 72.9 Å². The minimum absolute atomic E-state index is 0.0354. The van der Waals surface area contributed by atoms with Crippen molar-refractivity contribution in [2.75, 3.05) is 16.6 Å². The van der Waals surface area contributed by atoms with Gasteiger partial charge in [0.2, 0.25) is 5.91 Å². The van der Waals surface area contributed by atoms with Crippen LogP contribution in [0.1, 0.15) is 12.8 Å². The van der Waals surface area contributed by atoms with Crippen LogP contribution in [0.3, 0.4) is 0 Å². The van der Waals surface area contributed by atoms with Crippen molar-refractivity contribution in [3.05, 3.63) is 87.2 Å². The number of hydrogen-bond donors (Lipinski definition) is 2. The van der Waals surface area contributed by atoms with Crippen LogP contribution < -0.4 is 14.8 Å². The van der Waals surface area contributed by atoms with E-state index < -0.39 is 10.0 Å². The van der Waals surface area contributed by atoms with Gasteiger partial charge in [0.15, 0.2) is 5.13 Å². The number of hydrogen-bond acceptors (Lipinski definition) is 6. The summed E-state index contributed by atoms with van der Waals surface area (Å²) in [7, 11) is -3.87. The molecule has 0 fully saturated rings. The van der Waals surface area contributed by atoms with Crippen molar-refractivity contribution in [1.82, 2.24) is 4.98 Å². The molecule has 0 saturated heterocycles. The molecule has 1 aromatic heterocycles. The second-order valence-electron chi connectivity index (χ2n) is 7.72. The quantitative estimate of drug-likeness (QED) is 0.186. The predicted octanol–water partition coefficient (Wildman–Crippen LogP) is 7.37. The van der Waals surface area contributed by atoms with Gasteiger partial charge in [-0.15, -0.1) is 11.3 Å². The molecule has 1 heterocycles. The minimum atomic E-state index is -3.87. The second kappa shape index (κ2) is 12.1. The van der Waals surface area contributed by atoms with Gasteiger partial charge in [-0.3, -0.25) is 9.52 Å². The molecule has 0 aliphatic carbocycles. The second-order valence-corrected chi connectivity index (χ2v) is 11.5. The molecule has 4 rings (SSSR count). The number of halogens is 3. The standard InChI is InChI=1S/C25H20Cl3N3O4S2/c26-16-7-12-23(21(28)14-16)35-13-3-6-24(32)29-17-8-10-18(11-9-17)37(33,34)31-25-30-22(15-36-25)19-4-1-2-5-20(19)27/h1-2,4-5,7-12,14-15H,3,6,13H2,(H,29,32)(H,30,31). The third-order valence-electron chi connectivity index (χ3n) is 5.02. The van der Waals surface area contributed by atoms with Gasteiger partial charge in [-0.2, -0.15) is 0 Å². The van der Waals surface area contributed by atoms with Crippen molar-refractivity contribution < 1.29 is 17.9 Å². The average Bonchev–Trinajstić information content (AvgIpc) is 3.31. The molecule has 0 spiro atoms. The summed E-state index contributed by atoms with van der Waals surface area (Å²) in [5.41, 5.74) is 1.76. The van der Waals surface area contributed by atoms with Gasteiger partial charge in [0.1, 0.15) is 5.75 Å². The monoisotopic (exact) mass is 595 g/mol. The summed E-state index contributed by atoms with van der Waals surface area (Å²) in [4.78, 5) is 16.6. The van der Waals surface area contributed by atoms with E-state index in [2.05, 4.69) is 15.0 Å². The molecule has 4 aromatic rings. The van der Waals surface area contributed by atoms with Gasteiger partial charge in [-0.05, 0) is 55.0 Å². The number of thiazole rings is 1. The lowest BCUT2D eigenvalue weighted by molar-refractivity contribution is -0.116. The molecule has 0 radical (unpaired) electrons. The van der Waals surface area contributed by atoms with E-state index in [0.29, 0.717) is 50.8 Å². The predicted molar refractivity (Wildman–Crippen MR) is 150 cm³/mol. The molecule has 0 aliphatic heterocycles. The average molecular weight is 597 g/mol. The number of nitrogens with zero attached hydrogens (tertiary/aromatic N) is 1. The summed E-state index contributed by atoms with van der Waals surface area (Å²) >= 11 is 19.3. The Morgan fingerprint density at radius 1 is 0.973 bits per heavy atom. The van der Waals surface area contributed by atoms with E-state index in [9.17, 15) is 13.2 Å². The molecule has 2 N–H and O–H groups in total. The fraction of sp³-hybridized carbons (Fsp3) is 0.120. The van der Waals surface area contributed by atoms with Crippen LogP contribution >= 0.6 is 46.1 Å². The lowest BCUT2D eigenvalue weighted by atomic mass is 10.2. The molecule has 3 aromatic carbocycles. The highest BCUT2D eigenvalue weighted by molar-refractivity contribution is 7.93. The molecule has 0 saturated carbocycles. The number of benzene rings is 3. The molecule has 37 heavy (non-hydrogen) atoms. The number of carbonyl (C=O) groups excluding carboxylic acids is 1. The summed E-state index contributed by atoms with van der Waals surface area (Å²) in [6.07, 6.45) is 0.676. The number of anilines is 2. The smallest absolute Gasteiger partial charge is 0.263 e. The van der Waals surface area contributed by atoms with Crippen molar-refractivity contribution in [2.45, 2.75) is 17.7 Å². The number of rotatable bonds is 10. The Labute approximate surface area is 233 Å². The van der Waals surface area contributed by atoms with E-state index in [4.69, 9.17) is 39.5 Å². The van der Waals surface area contributed by atoms with Gasteiger partial charge in [0.25, 0.3) is 10.0 Å². The Kier molecular flexibility index (Phi) is 8.94. The first-order valence-corrected chi connectivity index (χ1v) is 14.4. The Hall–Kier alpha value is -2.82. The molecular formula is C25H20Cl3N3O4S2. The zero-order chi connectivity index (χ0) is 26.4. The highest BCUT2D eigenvalue weighted by Crippen LogP contribution is 2.31. The molecule has 0 aliphatic rings. The van der Waals surface area contributed by atoms with Crippen LogP contribution in [0.5, 0.6) is 5.75 Å². The van der Waals surface area contributed by atoms with Gasteiger partial charge in [-0.25, -0.2) is 13.4 Å². The van der Waals surface area contributed by atoms with Crippen molar-refractivity contribution in [2.24, 2.45) is 0 Å². The number of carbonyl (C=O) groups is 1. The van der Waals surface area contributed by atoms with E-state index >= 15 is 0 Å². The van der Waals surface area contributed by atoms with Crippen LogP contribution in [0.2, 0.25) is 15.1 Å². The molecule has 12 heteroatoms. The van der Waals surface area contributed by atoms with Crippen LogP contribution in [0.25, 0.3) is 11.3 Å². The molecule has 0 unspecified atom stereocenters. The van der Waals surface area contributed by atoms with Crippen molar-refractivity contribution in [3.63, 3.8) is 0 Å². The first kappa shape index (κ1) is 27.2. The maximum Gasteiger partial charge on any atom is 0.263 e. The topological polar surface area (TPSA) is 97.4 Å². The highest BCUT2D eigenvalue weighted by atomic mass is 35.5. The van der Waals surface area contributed by atoms with E-state index in [0.717, 1.165) is 11.3 Å². The van der Waals surface area contributed by atoms with Crippen LogP contribution in [0.4, 0.5) is 10.8 Å². The van der Waals surface area contributed by atoms with E-state index in [-0.39, 0.29) is 22.4 Å². The molecule has 7 nitrogen and oxygen atoms in total. The van der Waals surface area contributed by atoms with E-state index in [1.807, 2.05) is 18.2 Å². The molecular weight excluding hydrogens is 577 g/mol. The first-order valence-electron chi connectivity index (χ1n) is 10.9. The fourth-order valence-corrected chi connectivity index (χ4v) is 5.89.